The summed E-state index contributed by atoms with van der Waals surface area (Å²) < 4.78 is 12.8. The number of benzene rings is 7. The van der Waals surface area contributed by atoms with E-state index in [0.717, 1.165) is 44.2 Å². The molecule has 0 aliphatic rings. The van der Waals surface area contributed by atoms with Crippen LogP contribution in [-0.2, 0) is 4.57 Å². The fraction of sp³-hybridized carbons (Fsp3) is 0.0465. The molecule has 0 fully saturated rings. The molecule has 0 aliphatic carbocycles. The van der Waals surface area contributed by atoms with Gasteiger partial charge in [-0.05, 0) is 81.4 Å². The van der Waals surface area contributed by atoms with E-state index in [4.69, 9.17) is 15.0 Å². The molecule has 0 saturated heterocycles. The number of hydrogen-bond acceptors (Lipinski definition) is 4. The highest BCUT2D eigenvalue weighted by Gasteiger charge is 2.17. The molecule has 1 aromatic heterocycles. The third kappa shape index (κ3) is 5.72. The molecule has 0 bridgehead atoms. The fourth-order valence-electron chi connectivity index (χ4n) is 6.32. The monoisotopic (exact) mass is 637 g/mol. The van der Waals surface area contributed by atoms with Crippen molar-refractivity contribution in [3.05, 3.63) is 158 Å². The maximum absolute atomic E-state index is 12.8. The van der Waals surface area contributed by atoms with Crippen LogP contribution in [0.1, 0.15) is 0 Å². The summed E-state index contributed by atoms with van der Waals surface area (Å²) in [6.45, 7) is 3.61. The molecule has 230 valence electrons. The van der Waals surface area contributed by atoms with E-state index in [-0.39, 0.29) is 0 Å². The van der Waals surface area contributed by atoms with Crippen molar-refractivity contribution in [3.8, 4) is 56.4 Å². The molecule has 0 amide bonds. The molecular formula is C43H32N3OP. The zero-order chi connectivity index (χ0) is 32.7. The Bertz CT molecular complexity index is 2430. The average Bonchev–Trinajstić information content (AvgIpc) is 3.14. The SMILES string of the molecule is CP(C)(=O)c1ccc(-c2cc(-c3nc(-c4ccccc4)nc(-c4ccccc4)n3)cc(-c3cc4ccccc4c4ccccc34)c2)cc1. The molecule has 8 rings (SSSR count). The van der Waals surface area contributed by atoms with E-state index < -0.39 is 7.14 Å². The highest BCUT2D eigenvalue weighted by atomic mass is 31.2. The maximum atomic E-state index is 12.8. The van der Waals surface area contributed by atoms with Crippen LogP contribution in [0.25, 0.3) is 78.0 Å². The smallest absolute Gasteiger partial charge is 0.164 e. The number of hydrogen-bond donors (Lipinski definition) is 0. The van der Waals surface area contributed by atoms with Crippen LogP contribution < -0.4 is 5.30 Å². The first-order valence-corrected chi connectivity index (χ1v) is 18.6. The molecule has 0 radical (unpaired) electrons. The Morgan fingerprint density at radius 2 is 0.875 bits per heavy atom. The van der Waals surface area contributed by atoms with Crippen LogP contribution in [-0.4, -0.2) is 28.3 Å². The molecule has 1 heterocycles. The molecule has 48 heavy (non-hydrogen) atoms. The Labute approximate surface area is 280 Å². The molecule has 0 aliphatic heterocycles. The lowest BCUT2D eigenvalue weighted by Gasteiger charge is -2.15. The van der Waals surface area contributed by atoms with Gasteiger partial charge in [0.2, 0.25) is 0 Å². The zero-order valence-corrected chi connectivity index (χ0v) is 27.6. The van der Waals surface area contributed by atoms with Crippen LogP contribution in [0, 0.1) is 0 Å². The molecule has 4 nitrogen and oxygen atoms in total. The summed E-state index contributed by atoms with van der Waals surface area (Å²) in [5, 5.41) is 5.66. The molecule has 0 N–H and O–H groups in total. The first-order chi connectivity index (χ1) is 23.4. The summed E-state index contributed by atoms with van der Waals surface area (Å²) in [5.41, 5.74) is 6.99. The van der Waals surface area contributed by atoms with E-state index in [1.54, 1.807) is 13.3 Å². The van der Waals surface area contributed by atoms with E-state index >= 15 is 0 Å². The standard InChI is InChI=1S/C43H32N3OP/c1-48(2,47)36-23-21-29(22-24-36)33-25-34(40-28-32-17-9-10-18-37(32)38-19-11-12-20-39(38)40)27-35(26-33)43-45-41(30-13-5-3-6-14-30)44-42(46-43)31-15-7-4-8-16-31/h3-28H,1-2H3. The molecular weight excluding hydrogens is 605 g/mol. The van der Waals surface area contributed by atoms with Gasteiger partial charge >= 0.3 is 0 Å². The topological polar surface area (TPSA) is 55.7 Å². The first-order valence-electron chi connectivity index (χ1n) is 16.0. The van der Waals surface area contributed by atoms with E-state index in [0.29, 0.717) is 17.5 Å². The van der Waals surface area contributed by atoms with Gasteiger partial charge in [0, 0.05) is 22.0 Å². The van der Waals surface area contributed by atoms with Crippen molar-refractivity contribution in [1.29, 1.82) is 0 Å². The highest BCUT2D eigenvalue weighted by molar-refractivity contribution is 7.70. The summed E-state index contributed by atoms with van der Waals surface area (Å²) in [7, 11) is -2.39. The van der Waals surface area contributed by atoms with E-state index in [9.17, 15) is 4.57 Å². The third-order valence-electron chi connectivity index (χ3n) is 8.79. The molecule has 7 aromatic carbocycles. The van der Waals surface area contributed by atoms with Crippen LogP contribution in [0.3, 0.4) is 0 Å². The largest absolute Gasteiger partial charge is 0.319 e. The van der Waals surface area contributed by atoms with Crippen molar-refractivity contribution in [2.24, 2.45) is 0 Å². The van der Waals surface area contributed by atoms with Gasteiger partial charge in [-0.15, -0.1) is 0 Å². The molecule has 0 saturated carbocycles. The summed E-state index contributed by atoms with van der Waals surface area (Å²) in [6.07, 6.45) is 0. The van der Waals surface area contributed by atoms with Crippen molar-refractivity contribution >= 4 is 34.0 Å². The molecule has 0 spiro atoms. The summed E-state index contributed by atoms with van der Waals surface area (Å²) in [5.74, 6) is 1.83. The van der Waals surface area contributed by atoms with Gasteiger partial charge in [0.15, 0.2) is 17.5 Å². The van der Waals surface area contributed by atoms with Crippen molar-refractivity contribution in [1.82, 2.24) is 15.0 Å². The van der Waals surface area contributed by atoms with Gasteiger partial charge in [-0.3, -0.25) is 0 Å². The molecule has 8 aromatic rings. The van der Waals surface area contributed by atoms with Gasteiger partial charge in [0.25, 0.3) is 0 Å². The Morgan fingerprint density at radius 3 is 1.48 bits per heavy atom. The lowest BCUT2D eigenvalue weighted by molar-refractivity contribution is 0.588. The van der Waals surface area contributed by atoms with Gasteiger partial charge < -0.3 is 4.57 Å². The number of fused-ring (bicyclic) bond motifs is 3. The number of nitrogens with zero attached hydrogens (tertiary/aromatic N) is 3. The van der Waals surface area contributed by atoms with E-state index in [1.807, 2.05) is 72.8 Å². The Balaban J connectivity index is 1.40. The minimum Gasteiger partial charge on any atom is -0.319 e. The highest BCUT2D eigenvalue weighted by Crippen LogP contribution is 2.40. The predicted molar refractivity (Wildman–Crippen MR) is 201 cm³/mol. The van der Waals surface area contributed by atoms with Crippen LogP contribution in [0.5, 0.6) is 0 Å². The van der Waals surface area contributed by atoms with Gasteiger partial charge in [-0.1, -0.05) is 133 Å². The van der Waals surface area contributed by atoms with Crippen molar-refractivity contribution < 1.29 is 4.57 Å². The molecule has 0 unspecified atom stereocenters. The van der Waals surface area contributed by atoms with Crippen LogP contribution in [0.4, 0.5) is 0 Å². The van der Waals surface area contributed by atoms with Gasteiger partial charge in [0.1, 0.15) is 7.14 Å². The van der Waals surface area contributed by atoms with Crippen LogP contribution >= 0.6 is 7.14 Å². The van der Waals surface area contributed by atoms with Crippen molar-refractivity contribution in [2.75, 3.05) is 13.3 Å². The average molecular weight is 638 g/mol. The quantitative estimate of drug-likeness (QED) is 0.134. The van der Waals surface area contributed by atoms with Gasteiger partial charge in [-0.25, -0.2) is 15.0 Å². The second-order valence-electron chi connectivity index (χ2n) is 12.4. The Morgan fingerprint density at radius 1 is 0.396 bits per heavy atom. The van der Waals surface area contributed by atoms with Crippen molar-refractivity contribution in [3.63, 3.8) is 0 Å². The van der Waals surface area contributed by atoms with Crippen molar-refractivity contribution in [2.45, 2.75) is 0 Å². The van der Waals surface area contributed by atoms with Crippen LogP contribution in [0.15, 0.2) is 158 Å². The lowest BCUT2D eigenvalue weighted by Crippen LogP contribution is -2.02. The van der Waals surface area contributed by atoms with Gasteiger partial charge in [-0.2, -0.15) is 0 Å². The second kappa shape index (κ2) is 12.2. The minimum atomic E-state index is -2.39. The third-order valence-corrected chi connectivity index (χ3v) is 10.3. The predicted octanol–water partition coefficient (Wildman–Crippen LogP) is 10.8. The summed E-state index contributed by atoms with van der Waals surface area (Å²) in [4.78, 5) is 15.1. The second-order valence-corrected chi connectivity index (χ2v) is 15.6. The minimum absolute atomic E-state index is 0.596. The van der Waals surface area contributed by atoms with E-state index in [2.05, 4.69) is 84.9 Å². The Hall–Kier alpha value is -5.70. The number of rotatable bonds is 6. The Kier molecular flexibility index (Phi) is 7.51. The molecule has 5 heteroatoms. The normalized spacial score (nSPS) is 11.6. The number of aromatic nitrogens is 3. The lowest BCUT2D eigenvalue weighted by atomic mass is 9.90. The van der Waals surface area contributed by atoms with Gasteiger partial charge in [0.05, 0.1) is 0 Å². The maximum Gasteiger partial charge on any atom is 0.164 e. The molecule has 0 atom stereocenters. The zero-order valence-electron chi connectivity index (χ0n) is 26.7. The first kappa shape index (κ1) is 29.7. The van der Waals surface area contributed by atoms with Crippen LogP contribution in [0.2, 0.25) is 0 Å². The fourth-order valence-corrected chi connectivity index (χ4v) is 7.19. The van der Waals surface area contributed by atoms with E-state index in [1.165, 1.54) is 21.5 Å². The summed E-state index contributed by atoms with van der Waals surface area (Å²) >= 11 is 0. The summed E-state index contributed by atoms with van der Waals surface area (Å²) in [6, 6.07) is 54.2.